The molecular formula is C19H30N4O3. The Balaban J connectivity index is 1.47. The maximum Gasteiger partial charge on any atom is 0.410 e. The van der Waals surface area contributed by atoms with Crippen molar-refractivity contribution in [3.8, 4) is 5.75 Å². The fourth-order valence-electron chi connectivity index (χ4n) is 3.40. The van der Waals surface area contributed by atoms with Gasteiger partial charge in [0.2, 0.25) is 0 Å². The third kappa shape index (κ3) is 4.15. The molecule has 2 N–H and O–H groups in total. The van der Waals surface area contributed by atoms with Crippen LogP contribution in [0.1, 0.15) is 20.8 Å². The first-order valence-electron chi connectivity index (χ1n) is 9.17. The largest absolute Gasteiger partial charge is 0.495 e. The average Bonchev–Trinajstić information content (AvgIpc) is 2.53. The number of nitrogens with two attached hydrogens (primary N) is 1. The van der Waals surface area contributed by atoms with Crippen LogP contribution in [0.3, 0.4) is 0 Å². The molecule has 1 amide bonds. The lowest BCUT2D eigenvalue weighted by Gasteiger charge is -2.48. The van der Waals surface area contributed by atoms with E-state index in [2.05, 4.69) is 9.80 Å². The molecule has 7 heteroatoms. The van der Waals surface area contributed by atoms with Gasteiger partial charge in [0.15, 0.2) is 0 Å². The van der Waals surface area contributed by atoms with Crippen LogP contribution in [0.2, 0.25) is 0 Å². The first kappa shape index (κ1) is 18.6. The van der Waals surface area contributed by atoms with Crippen molar-refractivity contribution < 1.29 is 14.3 Å². The van der Waals surface area contributed by atoms with E-state index >= 15 is 0 Å². The molecule has 0 atom stereocenters. The van der Waals surface area contributed by atoms with Gasteiger partial charge in [0.05, 0.1) is 12.8 Å². The number of likely N-dealkylation sites (tertiary alicyclic amines) is 1. The minimum atomic E-state index is -0.437. The van der Waals surface area contributed by atoms with Gasteiger partial charge < -0.3 is 25.0 Å². The Hall–Kier alpha value is -2.15. The van der Waals surface area contributed by atoms with Crippen molar-refractivity contribution in [2.24, 2.45) is 0 Å². The number of carbonyl (C=O) groups excluding carboxylic acids is 1. The number of hydrogen-bond donors (Lipinski definition) is 1. The summed E-state index contributed by atoms with van der Waals surface area (Å²) in [6.07, 6.45) is -0.207. The summed E-state index contributed by atoms with van der Waals surface area (Å²) in [5.74, 6) is 0.719. The second-order valence-corrected chi connectivity index (χ2v) is 7.99. The molecule has 0 aliphatic carbocycles. The van der Waals surface area contributed by atoms with Gasteiger partial charge in [0, 0.05) is 57.1 Å². The molecule has 0 radical (unpaired) electrons. The molecule has 2 heterocycles. The molecule has 1 aromatic rings. The summed E-state index contributed by atoms with van der Waals surface area (Å²) in [6.45, 7) is 11.1. The number of benzene rings is 1. The molecule has 2 aliphatic heterocycles. The average molecular weight is 362 g/mol. The standard InChI is InChI=1S/C19H30N4O3/c1-19(2,3)26-18(24)23-12-15(13-23)22-9-7-21(8-10-22)14-5-6-16(20)17(11-14)25-4/h5-6,11,15H,7-10,12-13,20H2,1-4H3. The summed E-state index contributed by atoms with van der Waals surface area (Å²) < 4.78 is 10.7. The second-order valence-electron chi connectivity index (χ2n) is 7.99. The summed E-state index contributed by atoms with van der Waals surface area (Å²) in [5.41, 5.74) is 7.26. The number of amides is 1. The number of piperazine rings is 1. The van der Waals surface area contributed by atoms with E-state index in [9.17, 15) is 4.79 Å². The zero-order valence-corrected chi connectivity index (χ0v) is 16.2. The quantitative estimate of drug-likeness (QED) is 0.830. The van der Waals surface area contributed by atoms with Crippen molar-refractivity contribution in [2.45, 2.75) is 32.4 Å². The molecule has 144 valence electrons. The Bertz CT molecular complexity index is 645. The fourth-order valence-corrected chi connectivity index (χ4v) is 3.40. The van der Waals surface area contributed by atoms with E-state index in [0.717, 1.165) is 50.7 Å². The first-order chi connectivity index (χ1) is 12.3. The summed E-state index contributed by atoms with van der Waals surface area (Å²) in [4.78, 5) is 18.6. The van der Waals surface area contributed by atoms with Crippen LogP contribution in [0, 0.1) is 0 Å². The Morgan fingerprint density at radius 2 is 1.81 bits per heavy atom. The molecule has 0 spiro atoms. The van der Waals surface area contributed by atoms with E-state index < -0.39 is 5.60 Å². The highest BCUT2D eigenvalue weighted by atomic mass is 16.6. The van der Waals surface area contributed by atoms with Crippen LogP contribution in [-0.2, 0) is 4.74 Å². The predicted octanol–water partition coefficient (Wildman–Crippen LogP) is 2.02. The van der Waals surface area contributed by atoms with Gasteiger partial charge in [-0.25, -0.2) is 4.79 Å². The lowest BCUT2D eigenvalue weighted by Crippen LogP contribution is -2.64. The van der Waals surface area contributed by atoms with Crippen LogP contribution < -0.4 is 15.4 Å². The van der Waals surface area contributed by atoms with Crippen LogP contribution in [0.25, 0.3) is 0 Å². The van der Waals surface area contributed by atoms with Crippen LogP contribution in [0.15, 0.2) is 18.2 Å². The van der Waals surface area contributed by atoms with E-state index in [-0.39, 0.29) is 6.09 Å². The van der Waals surface area contributed by atoms with Crippen LogP contribution in [-0.4, -0.2) is 73.9 Å². The Morgan fingerprint density at radius 3 is 2.38 bits per heavy atom. The highest BCUT2D eigenvalue weighted by molar-refractivity contribution is 5.69. The number of ether oxygens (including phenoxy) is 2. The van der Waals surface area contributed by atoms with Gasteiger partial charge >= 0.3 is 6.09 Å². The van der Waals surface area contributed by atoms with Crippen LogP contribution in [0.4, 0.5) is 16.2 Å². The number of anilines is 2. The van der Waals surface area contributed by atoms with Crippen molar-refractivity contribution >= 4 is 17.5 Å². The van der Waals surface area contributed by atoms with Gasteiger partial charge in [-0.2, -0.15) is 0 Å². The summed E-state index contributed by atoms with van der Waals surface area (Å²) >= 11 is 0. The topological polar surface area (TPSA) is 71.3 Å². The molecule has 0 aromatic heterocycles. The van der Waals surface area contributed by atoms with Gasteiger partial charge in [0.1, 0.15) is 11.4 Å². The van der Waals surface area contributed by atoms with E-state index in [1.807, 2.05) is 39.0 Å². The number of carbonyl (C=O) groups is 1. The summed E-state index contributed by atoms with van der Waals surface area (Å²) in [6, 6.07) is 6.37. The van der Waals surface area contributed by atoms with Gasteiger partial charge in [-0.05, 0) is 32.9 Å². The van der Waals surface area contributed by atoms with Crippen molar-refractivity contribution in [1.82, 2.24) is 9.80 Å². The zero-order chi connectivity index (χ0) is 18.9. The normalized spacial score (nSPS) is 19.2. The fraction of sp³-hybridized carbons (Fsp3) is 0.632. The van der Waals surface area contributed by atoms with Crippen molar-refractivity contribution in [3.05, 3.63) is 18.2 Å². The molecule has 0 saturated carbocycles. The SMILES string of the molecule is COc1cc(N2CCN(C3CN(C(=O)OC(C)(C)C)C3)CC2)ccc1N. The highest BCUT2D eigenvalue weighted by Crippen LogP contribution is 2.28. The molecule has 2 saturated heterocycles. The van der Waals surface area contributed by atoms with E-state index in [1.54, 1.807) is 12.0 Å². The van der Waals surface area contributed by atoms with E-state index in [4.69, 9.17) is 15.2 Å². The lowest BCUT2D eigenvalue weighted by molar-refractivity contribution is -0.0162. The highest BCUT2D eigenvalue weighted by Gasteiger charge is 2.38. The molecule has 0 bridgehead atoms. The van der Waals surface area contributed by atoms with Crippen LogP contribution >= 0.6 is 0 Å². The summed E-state index contributed by atoms with van der Waals surface area (Å²) in [5, 5.41) is 0. The Labute approximate surface area is 155 Å². The number of nitrogens with zero attached hydrogens (tertiary/aromatic N) is 3. The molecule has 2 aliphatic rings. The second kappa shape index (κ2) is 7.23. The number of methoxy groups -OCH3 is 1. The van der Waals surface area contributed by atoms with Gasteiger partial charge in [-0.15, -0.1) is 0 Å². The van der Waals surface area contributed by atoms with Crippen LogP contribution in [0.5, 0.6) is 5.75 Å². The van der Waals surface area contributed by atoms with Crippen molar-refractivity contribution in [3.63, 3.8) is 0 Å². The van der Waals surface area contributed by atoms with Gasteiger partial charge in [-0.1, -0.05) is 0 Å². The molecule has 26 heavy (non-hydrogen) atoms. The zero-order valence-electron chi connectivity index (χ0n) is 16.2. The smallest absolute Gasteiger partial charge is 0.410 e. The molecular weight excluding hydrogens is 332 g/mol. The molecule has 2 fully saturated rings. The monoisotopic (exact) mass is 362 g/mol. The Morgan fingerprint density at radius 1 is 1.15 bits per heavy atom. The van der Waals surface area contributed by atoms with E-state index in [1.165, 1.54) is 0 Å². The molecule has 3 rings (SSSR count). The summed E-state index contributed by atoms with van der Waals surface area (Å²) in [7, 11) is 1.64. The van der Waals surface area contributed by atoms with Crippen molar-refractivity contribution in [2.75, 3.05) is 57.0 Å². The predicted molar refractivity (Wildman–Crippen MR) is 103 cm³/mol. The molecule has 1 aromatic carbocycles. The van der Waals surface area contributed by atoms with E-state index in [0.29, 0.717) is 11.7 Å². The third-order valence-electron chi connectivity index (χ3n) is 4.93. The minimum Gasteiger partial charge on any atom is -0.495 e. The minimum absolute atomic E-state index is 0.207. The number of nitrogen functional groups attached to an aromatic ring is 1. The first-order valence-corrected chi connectivity index (χ1v) is 9.17. The lowest BCUT2D eigenvalue weighted by atomic mass is 10.1. The van der Waals surface area contributed by atoms with Crippen molar-refractivity contribution in [1.29, 1.82) is 0 Å². The number of hydrogen-bond acceptors (Lipinski definition) is 6. The third-order valence-corrected chi connectivity index (χ3v) is 4.93. The maximum atomic E-state index is 12.0. The number of rotatable bonds is 3. The maximum absolute atomic E-state index is 12.0. The molecule has 7 nitrogen and oxygen atoms in total. The van der Waals surface area contributed by atoms with Gasteiger partial charge in [0.25, 0.3) is 0 Å². The Kier molecular flexibility index (Phi) is 5.18. The van der Waals surface area contributed by atoms with Gasteiger partial charge in [-0.3, -0.25) is 4.90 Å². The molecule has 0 unspecified atom stereocenters.